The maximum Gasteiger partial charge on any atom is 0.318 e. The Morgan fingerprint density at radius 1 is 1.00 bits per heavy atom. The highest BCUT2D eigenvalue weighted by atomic mass is 32.2. The first kappa shape index (κ1) is 12.1. The largest absolute Gasteiger partial charge is 0.443 e. The third kappa shape index (κ3) is 1.74. The molecule has 0 aliphatic rings. The predicted molar refractivity (Wildman–Crippen MR) is 76.3 cm³/mol. The molecule has 2 aromatic heterocycles. The van der Waals surface area contributed by atoms with Crippen LogP contribution in [0.25, 0.3) is 22.0 Å². The number of hydrogen-bond acceptors (Lipinski definition) is 5. The second kappa shape index (κ2) is 4.16. The van der Waals surface area contributed by atoms with Crippen LogP contribution in [0.3, 0.4) is 0 Å². The number of aromatic nitrogens is 3. The van der Waals surface area contributed by atoms with Crippen molar-refractivity contribution in [2.24, 2.45) is 0 Å². The van der Waals surface area contributed by atoms with E-state index < -0.39 is 10.0 Å². The highest BCUT2D eigenvalue weighted by Crippen LogP contribution is 2.25. The number of para-hydroxylation sites is 2. The highest BCUT2D eigenvalue weighted by molar-refractivity contribution is 7.89. The second-order valence-corrected chi connectivity index (χ2v) is 6.23. The molecule has 21 heavy (non-hydrogen) atoms. The van der Waals surface area contributed by atoms with E-state index in [1.165, 1.54) is 6.07 Å². The zero-order chi connectivity index (χ0) is 14.4. The molecule has 2 heterocycles. The van der Waals surface area contributed by atoms with Crippen LogP contribution in [0.1, 0.15) is 0 Å². The van der Waals surface area contributed by atoms with Crippen LogP contribution in [0.15, 0.2) is 64.1 Å². The van der Waals surface area contributed by atoms with E-state index in [4.69, 9.17) is 4.42 Å². The fourth-order valence-corrected chi connectivity index (χ4v) is 3.38. The second-order valence-electron chi connectivity index (χ2n) is 4.53. The van der Waals surface area contributed by atoms with Crippen molar-refractivity contribution in [3.63, 3.8) is 0 Å². The molecule has 2 aromatic carbocycles. The molecular formula is C14H9N3O3S. The molecule has 0 amide bonds. The maximum atomic E-state index is 12.6. The Balaban J connectivity index is 1.97. The van der Waals surface area contributed by atoms with Gasteiger partial charge >= 0.3 is 10.0 Å². The average Bonchev–Trinajstić information content (AvgIpc) is 3.11. The predicted octanol–water partition coefficient (Wildman–Crippen LogP) is 2.41. The summed E-state index contributed by atoms with van der Waals surface area (Å²) in [4.78, 5) is 0. The number of benzene rings is 2. The van der Waals surface area contributed by atoms with Crippen molar-refractivity contribution < 1.29 is 12.8 Å². The van der Waals surface area contributed by atoms with Crippen molar-refractivity contribution in [2.75, 3.05) is 0 Å². The Morgan fingerprint density at radius 2 is 1.76 bits per heavy atom. The van der Waals surface area contributed by atoms with Crippen LogP contribution in [0, 0.1) is 0 Å². The van der Waals surface area contributed by atoms with E-state index in [2.05, 4.69) is 10.3 Å². The van der Waals surface area contributed by atoms with Crippen molar-refractivity contribution >= 4 is 32.0 Å². The van der Waals surface area contributed by atoms with Gasteiger partial charge in [0.25, 0.3) is 0 Å². The SMILES string of the molecule is O=S(=O)(c1cc2ccccc2o1)n1nnc2ccccc21. The van der Waals surface area contributed by atoms with E-state index in [1.54, 1.807) is 42.5 Å². The molecule has 0 spiro atoms. The lowest BCUT2D eigenvalue weighted by atomic mass is 10.3. The summed E-state index contributed by atoms with van der Waals surface area (Å²) >= 11 is 0. The molecule has 0 fully saturated rings. The lowest BCUT2D eigenvalue weighted by molar-refractivity contribution is 0.475. The molecule has 0 bridgehead atoms. The molecular weight excluding hydrogens is 290 g/mol. The van der Waals surface area contributed by atoms with Crippen LogP contribution in [-0.2, 0) is 10.0 Å². The summed E-state index contributed by atoms with van der Waals surface area (Å²) in [6, 6.07) is 15.5. The van der Waals surface area contributed by atoms with E-state index in [0.29, 0.717) is 16.6 Å². The maximum absolute atomic E-state index is 12.6. The van der Waals surface area contributed by atoms with E-state index in [-0.39, 0.29) is 5.09 Å². The summed E-state index contributed by atoms with van der Waals surface area (Å²) < 4.78 is 31.6. The first-order valence-corrected chi connectivity index (χ1v) is 7.65. The molecule has 7 heteroatoms. The Bertz CT molecular complexity index is 1030. The molecule has 0 saturated carbocycles. The minimum absolute atomic E-state index is 0.153. The van der Waals surface area contributed by atoms with Crippen molar-refractivity contribution in [1.82, 2.24) is 14.4 Å². The number of nitrogens with zero attached hydrogens (tertiary/aromatic N) is 3. The van der Waals surface area contributed by atoms with Crippen molar-refractivity contribution in [3.8, 4) is 0 Å². The number of rotatable bonds is 2. The zero-order valence-corrected chi connectivity index (χ0v) is 11.5. The smallest absolute Gasteiger partial charge is 0.318 e. The van der Waals surface area contributed by atoms with E-state index >= 15 is 0 Å². The monoisotopic (exact) mass is 299 g/mol. The van der Waals surface area contributed by atoms with Crippen LogP contribution in [0.2, 0.25) is 0 Å². The Kier molecular flexibility index (Phi) is 2.40. The fraction of sp³-hybridized carbons (Fsp3) is 0. The van der Waals surface area contributed by atoms with E-state index in [0.717, 1.165) is 9.47 Å². The standard InChI is InChI=1S/C14H9N3O3S/c18-21(19,14-9-10-5-1-4-8-13(10)20-14)17-12-7-3-2-6-11(12)15-16-17/h1-9H. The number of fused-ring (bicyclic) bond motifs is 2. The average molecular weight is 299 g/mol. The molecule has 0 radical (unpaired) electrons. The molecule has 4 rings (SSSR count). The van der Waals surface area contributed by atoms with Crippen molar-refractivity contribution in [3.05, 3.63) is 54.6 Å². The van der Waals surface area contributed by atoms with Gasteiger partial charge in [-0.25, -0.2) is 0 Å². The summed E-state index contributed by atoms with van der Waals surface area (Å²) in [6.07, 6.45) is 0. The highest BCUT2D eigenvalue weighted by Gasteiger charge is 2.25. The van der Waals surface area contributed by atoms with E-state index in [1.807, 2.05) is 6.07 Å². The van der Waals surface area contributed by atoms with Crippen LogP contribution >= 0.6 is 0 Å². The summed E-state index contributed by atoms with van der Waals surface area (Å²) in [6.45, 7) is 0. The molecule has 104 valence electrons. The van der Waals surface area contributed by atoms with Gasteiger partial charge in [0.1, 0.15) is 16.6 Å². The third-order valence-corrected chi connectivity index (χ3v) is 4.64. The molecule has 0 N–H and O–H groups in total. The van der Waals surface area contributed by atoms with Gasteiger partial charge in [0, 0.05) is 11.5 Å². The zero-order valence-electron chi connectivity index (χ0n) is 10.7. The Morgan fingerprint density at radius 3 is 2.62 bits per heavy atom. The van der Waals surface area contributed by atoms with Gasteiger partial charge in [-0.1, -0.05) is 35.5 Å². The number of furan rings is 1. The fourth-order valence-electron chi connectivity index (χ4n) is 2.19. The summed E-state index contributed by atoms with van der Waals surface area (Å²) in [5.74, 6) is 0. The molecule has 0 unspecified atom stereocenters. The molecule has 4 aromatic rings. The lowest BCUT2D eigenvalue weighted by Crippen LogP contribution is -2.13. The van der Waals surface area contributed by atoms with Crippen molar-refractivity contribution in [1.29, 1.82) is 0 Å². The minimum Gasteiger partial charge on any atom is -0.443 e. The van der Waals surface area contributed by atoms with E-state index in [9.17, 15) is 8.42 Å². The van der Waals surface area contributed by atoms with Gasteiger partial charge in [0.05, 0.1) is 0 Å². The summed E-state index contributed by atoms with van der Waals surface area (Å²) in [7, 11) is -3.91. The topological polar surface area (TPSA) is 78.0 Å². The minimum atomic E-state index is -3.91. The van der Waals surface area contributed by atoms with Crippen LogP contribution in [0.4, 0.5) is 0 Å². The van der Waals surface area contributed by atoms with Gasteiger partial charge in [-0.3, -0.25) is 0 Å². The van der Waals surface area contributed by atoms with Crippen LogP contribution < -0.4 is 0 Å². The van der Waals surface area contributed by atoms with Gasteiger partial charge in [-0.05, 0) is 18.2 Å². The first-order chi connectivity index (χ1) is 10.2. The molecule has 0 aliphatic heterocycles. The van der Waals surface area contributed by atoms with Gasteiger partial charge < -0.3 is 4.42 Å². The van der Waals surface area contributed by atoms with Gasteiger partial charge in [0.15, 0.2) is 0 Å². The normalized spacial score (nSPS) is 12.2. The van der Waals surface area contributed by atoms with Crippen LogP contribution in [-0.4, -0.2) is 22.8 Å². The first-order valence-electron chi connectivity index (χ1n) is 6.21. The Hall–Kier alpha value is -2.67. The number of hydrogen-bond donors (Lipinski definition) is 0. The summed E-state index contributed by atoms with van der Waals surface area (Å²) in [5.41, 5.74) is 1.44. The lowest BCUT2D eigenvalue weighted by Gasteiger charge is -2.00. The molecule has 0 aliphatic carbocycles. The van der Waals surface area contributed by atoms with Gasteiger partial charge in [-0.15, -0.1) is 9.19 Å². The van der Waals surface area contributed by atoms with Gasteiger partial charge in [-0.2, -0.15) is 8.42 Å². The molecule has 6 nitrogen and oxygen atoms in total. The quantitative estimate of drug-likeness (QED) is 0.568. The molecule has 0 saturated heterocycles. The third-order valence-electron chi connectivity index (χ3n) is 3.21. The van der Waals surface area contributed by atoms with Gasteiger partial charge in [0.2, 0.25) is 5.09 Å². The van der Waals surface area contributed by atoms with Crippen molar-refractivity contribution in [2.45, 2.75) is 5.09 Å². The molecule has 0 atom stereocenters. The van der Waals surface area contributed by atoms with Crippen LogP contribution in [0.5, 0.6) is 0 Å². The summed E-state index contributed by atoms with van der Waals surface area (Å²) in [5, 5.41) is 8.16. The Labute approximate surface area is 119 Å².